The topological polar surface area (TPSA) is 55.9 Å². The van der Waals surface area contributed by atoms with Gasteiger partial charge in [-0.15, -0.1) is 5.53 Å². The molecule has 2 rings (SSSR count). The van der Waals surface area contributed by atoms with Gasteiger partial charge >= 0.3 is 0 Å². The van der Waals surface area contributed by atoms with Gasteiger partial charge in [-0.2, -0.15) is 10.1 Å². The number of hydrogen-bond acceptors (Lipinski definition) is 5. The van der Waals surface area contributed by atoms with Gasteiger partial charge in [0.25, 0.3) is 11.8 Å². The maximum atomic E-state index is 11.7. The fourth-order valence-corrected chi connectivity index (χ4v) is 1.43. The van der Waals surface area contributed by atoms with E-state index in [0.29, 0.717) is 11.1 Å². The molecule has 0 aromatic rings. The van der Waals surface area contributed by atoms with Crippen molar-refractivity contribution < 1.29 is 9.59 Å². The molecule has 6 nitrogen and oxygen atoms in total. The van der Waals surface area contributed by atoms with Gasteiger partial charge in [0.1, 0.15) is 0 Å². The second-order valence-electron chi connectivity index (χ2n) is 3.53. The van der Waals surface area contributed by atoms with Crippen LogP contribution in [0.2, 0.25) is 0 Å². The van der Waals surface area contributed by atoms with E-state index in [4.69, 9.17) is 0 Å². The van der Waals surface area contributed by atoms with Gasteiger partial charge in [-0.3, -0.25) is 14.6 Å². The van der Waals surface area contributed by atoms with Crippen molar-refractivity contribution in [2.24, 2.45) is 0 Å². The van der Waals surface area contributed by atoms with Crippen LogP contribution in [0.1, 0.15) is 13.8 Å². The lowest BCUT2D eigenvalue weighted by Crippen LogP contribution is -2.51. The molecule has 6 heteroatoms. The van der Waals surface area contributed by atoms with E-state index in [1.165, 1.54) is 5.12 Å². The summed E-state index contributed by atoms with van der Waals surface area (Å²) < 4.78 is 0. The molecule has 0 fully saturated rings. The molecule has 0 saturated heterocycles. The van der Waals surface area contributed by atoms with Crippen LogP contribution in [-0.2, 0) is 9.59 Å². The summed E-state index contributed by atoms with van der Waals surface area (Å²) in [6.07, 6.45) is 3.32. The maximum Gasteiger partial charge on any atom is 0.277 e. The third kappa shape index (κ3) is 1.30. The van der Waals surface area contributed by atoms with Gasteiger partial charge in [0, 0.05) is 24.4 Å². The Morgan fingerprint density at radius 1 is 1.07 bits per heavy atom. The van der Waals surface area contributed by atoms with E-state index in [0.717, 1.165) is 5.01 Å². The standard InChI is InChI=1S/C9H12N4O2/c1-6-7(2)9(15)13(8(6)14)12-5-4-11(3)10-12/h4-5,10H,1-3H3. The van der Waals surface area contributed by atoms with Gasteiger partial charge in [0.2, 0.25) is 0 Å². The van der Waals surface area contributed by atoms with Crippen LogP contribution in [0, 0.1) is 0 Å². The van der Waals surface area contributed by atoms with Crippen LogP contribution in [0.4, 0.5) is 0 Å². The Morgan fingerprint density at radius 2 is 1.60 bits per heavy atom. The molecule has 0 aromatic heterocycles. The predicted molar refractivity (Wildman–Crippen MR) is 52.1 cm³/mol. The predicted octanol–water partition coefficient (Wildman–Crippen LogP) is -0.255. The van der Waals surface area contributed by atoms with E-state index in [2.05, 4.69) is 5.53 Å². The third-order valence-corrected chi connectivity index (χ3v) is 2.50. The van der Waals surface area contributed by atoms with E-state index in [1.54, 1.807) is 38.3 Å². The van der Waals surface area contributed by atoms with E-state index >= 15 is 0 Å². The highest BCUT2D eigenvalue weighted by Crippen LogP contribution is 2.21. The number of nitrogens with one attached hydrogen (secondary N) is 1. The highest BCUT2D eigenvalue weighted by atomic mass is 16.2. The zero-order valence-corrected chi connectivity index (χ0v) is 8.81. The Labute approximate surface area is 87.3 Å². The van der Waals surface area contributed by atoms with Crippen LogP contribution in [0.15, 0.2) is 23.5 Å². The summed E-state index contributed by atoms with van der Waals surface area (Å²) >= 11 is 0. The zero-order valence-electron chi connectivity index (χ0n) is 8.81. The number of amides is 2. The molecule has 0 saturated carbocycles. The Kier molecular flexibility index (Phi) is 2.01. The monoisotopic (exact) mass is 208 g/mol. The summed E-state index contributed by atoms with van der Waals surface area (Å²) in [5.74, 6) is -0.574. The van der Waals surface area contributed by atoms with Crippen LogP contribution >= 0.6 is 0 Å². The number of carbonyl (C=O) groups is 2. The van der Waals surface area contributed by atoms with Gasteiger partial charge in [-0.05, 0) is 13.8 Å². The molecule has 1 N–H and O–H groups in total. The molecule has 0 aliphatic carbocycles. The second kappa shape index (κ2) is 3.09. The molecule has 2 aliphatic rings. The van der Waals surface area contributed by atoms with Crippen molar-refractivity contribution in [2.75, 3.05) is 7.05 Å². The van der Waals surface area contributed by atoms with E-state index in [-0.39, 0.29) is 11.8 Å². The van der Waals surface area contributed by atoms with Crippen molar-refractivity contribution in [3.05, 3.63) is 23.5 Å². The van der Waals surface area contributed by atoms with Gasteiger partial charge in [-0.1, -0.05) is 0 Å². The van der Waals surface area contributed by atoms with Crippen LogP contribution in [0.5, 0.6) is 0 Å². The first-order chi connectivity index (χ1) is 7.02. The molecule has 80 valence electrons. The minimum Gasteiger partial charge on any atom is -0.298 e. The zero-order chi connectivity index (χ0) is 11.2. The van der Waals surface area contributed by atoms with Crippen LogP contribution < -0.4 is 5.53 Å². The van der Waals surface area contributed by atoms with Crippen molar-refractivity contribution in [3.8, 4) is 0 Å². The van der Waals surface area contributed by atoms with E-state index in [1.807, 2.05) is 0 Å². The first-order valence-corrected chi connectivity index (χ1v) is 4.55. The SMILES string of the molecule is CC1=C(C)C(=O)N(N2C=CN(C)N2)C1=O. The average Bonchev–Trinajstić information content (AvgIpc) is 2.68. The maximum absolute atomic E-state index is 11.7. The smallest absolute Gasteiger partial charge is 0.277 e. The number of rotatable bonds is 1. The fourth-order valence-electron chi connectivity index (χ4n) is 1.43. The minimum absolute atomic E-state index is 0.287. The summed E-state index contributed by atoms with van der Waals surface area (Å²) in [4.78, 5) is 23.5. The number of nitrogens with zero attached hydrogens (tertiary/aromatic N) is 3. The second-order valence-corrected chi connectivity index (χ2v) is 3.53. The molecule has 0 unspecified atom stereocenters. The molecule has 0 bridgehead atoms. The van der Waals surface area contributed by atoms with Crippen molar-refractivity contribution >= 4 is 11.8 Å². The lowest BCUT2D eigenvalue weighted by Gasteiger charge is -2.26. The average molecular weight is 208 g/mol. The van der Waals surface area contributed by atoms with Crippen LogP contribution in [0.3, 0.4) is 0 Å². The summed E-state index contributed by atoms with van der Waals surface area (Å²) in [5, 5.41) is 4.08. The summed E-state index contributed by atoms with van der Waals surface area (Å²) in [6, 6.07) is 0. The van der Waals surface area contributed by atoms with Gasteiger partial charge in [-0.25, -0.2) is 0 Å². The normalized spacial score (nSPS) is 21.4. The highest BCUT2D eigenvalue weighted by molar-refractivity contribution is 6.18. The van der Waals surface area contributed by atoms with Crippen molar-refractivity contribution in [3.63, 3.8) is 0 Å². The third-order valence-electron chi connectivity index (χ3n) is 2.50. The number of hydrazine groups is 3. The molecule has 2 heterocycles. The molecule has 0 aromatic carbocycles. The molecular weight excluding hydrogens is 196 g/mol. The Bertz CT molecular complexity index is 375. The quantitative estimate of drug-likeness (QED) is 0.602. The van der Waals surface area contributed by atoms with Gasteiger partial charge < -0.3 is 0 Å². The van der Waals surface area contributed by atoms with E-state index in [9.17, 15) is 9.59 Å². The number of carbonyl (C=O) groups excluding carboxylic acids is 2. The summed E-state index contributed by atoms with van der Waals surface area (Å²) in [5.41, 5.74) is 3.79. The minimum atomic E-state index is -0.287. The molecule has 0 atom stereocenters. The molecule has 15 heavy (non-hydrogen) atoms. The fraction of sp³-hybridized carbons (Fsp3) is 0.333. The summed E-state index contributed by atoms with van der Waals surface area (Å²) in [6.45, 7) is 3.30. The largest absolute Gasteiger partial charge is 0.298 e. The Hall–Kier alpha value is -1.82. The molecule has 2 amide bonds. The molecule has 0 spiro atoms. The lowest BCUT2D eigenvalue weighted by atomic mass is 10.2. The van der Waals surface area contributed by atoms with Gasteiger partial charge in [0.05, 0.1) is 6.20 Å². The van der Waals surface area contributed by atoms with Crippen LogP contribution in [-0.4, -0.2) is 34.0 Å². The Morgan fingerprint density at radius 3 is 2.00 bits per heavy atom. The van der Waals surface area contributed by atoms with Crippen molar-refractivity contribution in [2.45, 2.75) is 13.8 Å². The number of imide groups is 1. The first kappa shape index (κ1) is 9.72. The Balaban J connectivity index is 2.24. The number of hydrogen-bond donors (Lipinski definition) is 1. The molecule has 0 radical (unpaired) electrons. The summed E-state index contributed by atoms with van der Waals surface area (Å²) in [7, 11) is 1.77. The van der Waals surface area contributed by atoms with Gasteiger partial charge in [0.15, 0.2) is 0 Å². The highest BCUT2D eigenvalue weighted by Gasteiger charge is 2.38. The van der Waals surface area contributed by atoms with Crippen LogP contribution in [0.25, 0.3) is 0 Å². The lowest BCUT2D eigenvalue weighted by molar-refractivity contribution is -0.158. The van der Waals surface area contributed by atoms with Crippen molar-refractivity contribution in [1.82, 2.24) is 20.7 Å². The molecular formula is C9H12N4O2. The van der Waals surface area contributed by atoms with E-state index < -0.39 is 0 Å². The van der Waals surface area contributed by atoms with Crippen molar-refractivity contribution in [1.29, 1.82) is 0 Å². The molecule has 2 aliphatic heterocycles. The first-order valence-electron chi connectivity index (χ1n) is 4.55.